The standard InChI is InChI=1S/C66H36B2N4S2/c1-7-21-47-37(15-1)38-16-2-8-22-48(38)69(47)53-33-31-43-65-61(53)41-19-5-11-25-51(41)71(65)55-27-13-29-57-63(55)67(43)45-35-46-60(36-59(45)73-57)74-58-30-14-28-56-64(58)68(46)44-32-34-54(62-42-20-6-12-26-52(42)72(56)66(44)62)70-49-23-9-3-17-39(49)40-18-4-10-24-50(40)70/h1-36H. The van der Waals surface area contributed by atoms with E-state index in [0.717, 1.165) is 0 Å². The van der Waals surface area contributed by atoms with E-state index in [9.17, 15) is 0 Å². The summed E-state index contributed by atoms with van der Waals surface area (Å²) in [5, 5.41) is 10.3. The molecule has 0 N–H and O–H groups in total. The molecular formula is C66H36B2N4S2. The molecule has 4 aromatic heterocycles. The normalized spacial score (nSPS) is 13.8. The summed E-state index contributed by atoms with van der Waals surface area (Å²) >= 11 is 3.91. The van der Waals surface area contributed by atoms with Gasteiger partial charge < -0.3 is 18.3 Å². The van der Waals surface area contributed by atoms with Crippen LogP contribution in [0.4, 0.5) is 0 Å². The predicted octanol–water partition coefficient (Wildman–Crippen LogP) is 12.7. The first-order valence-corrected chi connectivity index (χ1v) is 27.3. The van der Waals surface area contributed by atoms with Crippen LogP contribution in [0.1, 0.15) is 0 Å². The molecule has 338 valence electrons. The van der Waals surface area contributed by atoms with Gasteiger partial charge in [0.25, 0.3) is 0 Å². The van der Waals surface area contributed by atoms with Gasteiger partial charge in [-0.1, -0.05) is 174 Å². The fraction of sp³-hybridized carbons (Fsp3) is 0. The molecule has 0 spiro atoms. The van der Waals surface area contributed by atoms with E-state index < -0.39 is 0 Å². The van der Waals surface area contributed by atoms with Crippen molar-refractivity contribution in [1.29, 1.82) is 0 Å². The molecule has 0 saturated heterocycles. The van der Waals surface area contributed by atoms with Gasteiger partial charge in [-0.3, -0.25) is 0 Å². The molecule has 4 aliphatic heterocycles. The number of fused-ring (bicyclic) bond motifs is 20. The second-order valence-corrected chi connectivity index (χ2v) is 22.8. The molecule has 0 atom stereocenters. The van der Waals surface area contributed by atoms with Crippen LogP contribution in [0.15, 0.2) is 238 Å². The van der Waals surface area contributed by atoms with Crippen LogP contribution in [0.5, 0.6) is 0 Å². The summed E-state index contributed by atoms with van der Waals surface area (Å²) in [6.07, 6.45) is 0. The van der Waals surface area contributed by atoms with Gasteiger partial charge >= 0.3 is 0 Å². The number of benzene rings is 11. The lowest BCUT2D eigenvalue weighted by molar-refractivity contribution is 1.16. The van der Waals surface area contributed by atoms with E-state index in [-0.39, 0.29) is 13.4 Å². The number of hydrogen-bond donors (Lipinski definition) is 0. The molecule has 4 aliphatic rings. The summed E-state index contributed by atoms with van der Waals surface area (Å²) in [6.45, 7) is 0.0901. The van der Waals surface area contributed by atoms with Crippen LogP contribution < -0.4 is 32.8 Å². The zero-order chi connectivity index (χ0) is 47.7. The summed E-state index contributed by atoms with van der Waals surface area (Å²) in [4.78, 5) is 5.39. The lowest BCUT2D eigenvalue weighted by Gasteiger charge is -2.37. The van der Waals surface area contributed by atoms with E-state index in [1.807, 2.05) is 23.5 Å². The van der Waals surface area contributed by atoms with Crippen molar-refractivity contribution in [2.45, 2.75) is 19.6 Å². The molecule has 0 fully saturated rings. The van der Waals surface area contributed by atoms with Crippen molar-refractivity contribution in [1.82, 2.24) is 18.3 Å². The molecule has 74 heavy (non-hydrogen) atoms. The van der Waals surface area contributed by atoms with Crippen LogP contribution in [0.2, 0.25) is 0 Å². The maximum atomic E-state index is 2.66. The van der Waals surface area contributed by atoms with Crippen molar-refractivity contribution in [2.75, 3.05) is 0 Å². The quantitative estimate of drug-likeness (QED) is 0.161. The number of rotatable bonds is 2. The molecule has 15 aromatic rings. The van der Waals surface area contributed by atoms with Gasteiger partial charge in [0.15, 0.2) is 0 Å². The average molecular weight is 971 g/mol. The third kappa shape index (κ3) is 4.62. The lowest BCUT2D eigenvalue weighted by Crippen LogP contribution is -2.62. The number of hydrogen-bond acceptors (Lipinski definition) is 2. The lowest BCUT2D eigenvalue weighted by atomic mass is 9.32. The average Bonchev–Trinajstić information content (AvgIpc) is 4.30. The molecule has 0 bridgehead atoms. The van der Waals surface area contributed by atoms with Crippen molar-refractivity contribution in [2.24, 2.45) is 0 Å². The zero-order valence-electron chi connectivity index (χ0n) is 39.5. The summed E-state index contributed by atoms with van der Waals surface area (Å²) in [5.74, 6) is 0. The Kier molecular flexibility index (Phi) is 7.25. The summed E-state index contributed by atoms with van der Waals surface area (Å²) in [5.41, 5.74) is 23.4. The Labute approximate surface area is 433 Å². The molecule has 11 aromatic carbocycles. The van der Waals surface area contributed by atoms with Crippen molar-refractivity contribution < 1.29 is 0 Å². The van der Waals surface area contributed by atoms with E-state index in [1.165, 1.54) is 162 Å². The van der Waals surface area contributed by atoms with Gasteiger partial charge in [-0.15, -0.1) is 0 Å². The highest BCUT2D eigenvalue weighted by Gasteiger charge is 2.45. The molecule has 0 amide bonds. The minimum absolute atomic E-state index is 0.0450. The highest BCUT2D eigenvalue weighted by Crippen LogP contribution is 2.46. The van der Waals surface area contributed by atoms with Gasteiger partial charge in [0.1, 0.15) is 0 Å². The topological polar surface area (TPSA) is 19.7 Å². The van der Waals surface area contributed by atoms with Crippen LogP contribution in [-0.2, 0) is 0 Å². The van der Waals surface area contributed by atoms with Crippen LogP contribution in [0, 0.1) is 0 Å². The van der Waals surface area contributed by atoms with Gasteiger partial charge in [0.2, 0.25) is 13.4 Å². The second-order valence-electron chi connectivity index (χ2n) is 20.6. The highest BCUT2D eigenvalue weighted by atomic mass is 32.2. The van der Waals surface area contributed by atoms with Gasteiger partial charge in [0, 0.05) is 74.0 Å². The Hall–Kier alpha value is -8.55. The number of aromatic nitrogens is 4. The molecular weight excluding hydrogens is 935 g/mol. The van der Waals surface area contributed by atoms with Crippen molar-refractivity contribution >= 4 is 157 Å². The highest BCUT2D eigenvalue weighted by molar-refractivity contribution is 8.01. The minimum atomic E-state index is 0.0450. The molecule has 8 heteroatoms. The van der Waals surface area contributed by atoms with E-state index in [2.05, 4.69) is 237 Å². The first-order chi connectivity index (χ1) is 36.8. The number of para-hydroxylation sites is 6. The van der Waals surface area contributed by atoms with Crippen molar-refractivity contribution in [3.8, 4) is 22.7 Å². The van der Waals surface area contributed by atoms with Gasteiger partial charge in [-0.05, 0) is 101 Å². The van der Waals surface area contributed by atoms with Crippen LogP contribution in [-0.4, -0.2) is 31.7 Å². The van der Waals surface area contributed by atoms with E-state index in [4.69, 9.17) is 0 Å². The maximum Gasteiger partial charge on any atom is 0.249 e. The predicted molar refractivity (Wildman–Crippen MR) is 314 cm³/mol. The van der Waals surface area contributed by atoms with Gasteiger partial charge in [-0.2, -0.15) is 0 Å². The van der Waals surface area contributed by atoms with Crippen LogP contribution in [0.3, 0.4) is 0 Å². The van der Waals surface area contributed by atoms with Crippen LogP contribution >= 0.6 is 23.5 Å². The minimum Gasteiger partial charge on any atom is -0.310 e. The summed E-state index contributed by atoms with van der Waals surface area (Å²) < 4.78 is 10.2. The Balaban J connectivity index is 0.887. The van der Waals surface area contributed by atoms with E-state index >= 15 is 0 Å². The van der Waals surface area contributed by atoms with Crippen LogP contribution in [0.25, 0.3) is 110 Å². The zero-order valence-corrected chi connectivity index (χ0v) is 41.2. The van der Waals surface area contributed by atoms with Crippen molar-refractivity contribution in [3.63, 3.8) is 0 Å². The van der Waals surface area contributed by atoms with Gasteiger partial charge in [-0.25, -0.2) is 0 Å². The molecule has 4 nitrogen and oxygen atoms in total. The van der Waals surface area contributed by atoms with E-state index in [1.54, 1.807) is 0 Å². The molecule has 0 saturated carbocycles. The molecule has 0 radical (unpaired) electrons. The summed E-state index contributed by atoms with van der Waals surface area (Å²) in [7, 11) is 0. The maximum absolute atomic E-state index is 2.66. The second kappa shape index (κ2) is 13.7. The Morgan fingerprint density at radius 3 is 1.00 bits per heavy atom. The SMILES string of the molecule is c1cc2c3c(c1)-n1c4ccccc4c4c(-n5c6ccccc6c6ccccc65)ccc(c41)B3c1cc3c(cc1S2)Sc1cccc2c1B3c1ccc(-n3c4ccccc4c4ccccc43)c3c4ccccc4n-2c13. The first-order valence-electron chi connectivity index (χ1n) is 25.7. The monoisotopic (exact) mass is 970 g/mol. The molecule has 0 aliphatic carbocycles. The van der Waals surface area contributed by atoms with E-state index in [0.29, 0.717) is 0 Å². The Bertz CT molecular complexity index is 4710. The third-order valence-corrected chi connectivity index (χ3v) is 19.6. The van der Waals surface area contributed by atoms with Crippen molar-refractivity contribution in [3.05, 3.63) is 218 Å². The fourth-order valence-electron chi connectivity index (χ4n) is 14.5. The number of nitrogens with zero attached hydrogens (tertiary/aromatic N) is 4. The Morgan fingerprint density at radius 2 is 0.608 bits per heavy atom. The Morgan fingerprint density at radius 1 is 0.257 bits per heavy atom. The largest absolute Gasteiger partial charge is 0.310 e. The van der Waals surface area contributed by atoms with Gasteiger partial charge in [0.05, 0.1) is 55.5 Å². The molecule has 19 rings (SSSR count). The third-order valence-electron chi connectivity index (χ3n) is 17.3. The fourth-order valence-corrected chi connectivity index (χ4v) is 17.0. The smallest absolute Gasteiger partial charge is 0.249 e. The first kappa shape index (κ1) is 39.0. The molecule has 8 heterocycles. The molecule has 0 unspecified atom stereocenters. The summed E-state index contributed by atoms with van der Waals surface area (Å²) in [6, 6.07) is 83.0.